The van der Waals surface area contributed by atoms with Crippen LogP contribution in [-0.4, -0.2) is 51.7 Å². The quantitative estimate of drug-likeness (QED) is 0.380. The zero-order chi connectivity index (χ0) is 25.5. The van der Waals surface area contributed by atoms with Gasteiger partial charge in [0, 0.05) is 36.4 Å². The third-order valence-electron chi connectivity index (χ3n) is 5.44. The molecule has 9 nitrogen and oxygen atoms in total. The van der Waals surface area contributed by atoms with Crippen molar-refractivity contribution in [1.82, 2.24) is 14.6 Å². The summed E-state index contributed by atoms with van der Waals surface area (Å²) < 4.78 is 18.9. The summed E-state index contributed by atoms with van der Waals surface area (Å²) >= 11 is 6.91. The highest BCUT2D eigenvalue weighted by Crippen LogP contribution is 2.44. The number of benzene rings is 1. The lowest BCUT2D eigenvalue weighted by atomic mass is 9.98. The van der Waals surface area contributed by atoms with Crippen molar-refractivity contribution in [2.75, 3.05) is 25.1 Å². The molecule has 0 radical (unpaired) electrons. The van der Waals surface area contributed by atoms with Gasteiger partial charge in [0.25, 0.3) is 0 Å². The van der Waals surface area contributed by atoms with Gasteiger partial charge in [0.2, 0.25) is 0 Å². The van der Waals surface area contributed by atoms with Crippen LogP contribution in [0.4, 0.5) is 5.69 Å². The van der Waals surface area contributed by atoms with E-state index in [0.717, 1.165) is 0 Å². The van der Waals surface area contributed by atoms with Crippen LogP contribution < -0.4 is 10.1 Å². The number of anilines is 1. The number of nitrogens with one attached hydrogen (secondary N) is 1. The van der Waals surface area contributed by atoms with E-state index in [0.29, 0.717) is 57.8 Å². The summed E-state index contributed by atoms with van der Waals surface area (Å²) in [4.78, 5) is 30.0. The topological polar surface area (TPSA) is 104 Å². The van der Waals surface area contributed by atoms with Crippen LogP contribution in [0, 0.1) is 6.92 Å². The molecule has 0 spiro atoms. The first-order chi connectivity index (χ1) is 16.5. The third kappa shape index (κ3) is 4.83. The predicted molar refractivity (Wildman–Crippen MR) is 132 cm³/mol. The number of aryl methyl sites for hydroxylation is 1. The highest BCUT2D eigenvalue weighted by Gasteiger charge is 2.35. The summed E-state index contributed by atoms with van der Waals surface area (Å²) in [6.45, 7) is 11.8. The Balaban J connectivity index is 2.08. The smallest absolute Gasteiger partial charge is 0.340 e. The first-order valence-electron chi connectivity index (χ1n) is 11.5. The van der Waals surface area contributed by atoms with Crippen LogP contribution in [0.2, 0.25) is 5.02 Å². The standard InChI is InChI=1S/C25H29ClN4O5/c1-7-33-24(32)23(35-25(4,5)6)19-13(2)28-18-12-16(14(3)31)29-30(18)22(19)15-8-9-17-21(20(15)26)27-10-11-34-17/h8-9,12,23,27H,7,10-11H2,1-6H3/t23-/m0/s1. The Morgan fingerprint density at radius 3 is 2.71 bits per heavy atom. The number of ether oxygens (including phenoxy) is 3. The van der Waals surface area contributed by atoms with E-state index < -0.39 is 17.7 Å². The van der Waals surface area contributed by atoms with Crippen molar-refractivity contribution >= 4 is 34.7 Å². The minimum atomic E-state index is -1.11. The zero-order valence-corrected chi connectivity index (χ0v) is 21.4. The molecule has 10 heteroatoms. The van der Waals surface area contributed by atoms with Gasteiger partial charge in [-0.2, -0.15) is 5.10 Å². The van der Waals surface area contributed by atoms with Crippen molar-refractivity contribution in [1.29, 1.82) is 0 Å². The fourth-order valence-corrected chi connectivity index (χ4v) is 4.35. The minimum Gasteiger partial charge on any atom is -0.490 e. The molecule has 0 unspecified atom stereocenters. The number of Topliss-reactive ketones (excluding diaryl/α,β-unsaturated/α-hetero) is 1. The van der Waals surface area contributed by atoms with Crippen molar-refractivity contribution in [3.63, 3.8) is 0 Å². The molecule has 0 saturated carbocycles. The largest absolute Gasteiger partial charge is 0.490 e. The van der Waals surface area contributed by atoms with Crippen LogP contribution >= 0.6 is 11.6 Å². The number of ketones is 1. The Hall–Kier alpha value is -3.17. The van der Waals surface area contributed by atoms with Crippen LogP contribution in [0.1, 0.15) is 62.5 Å². The van der Waals surface area contributed by atoms with Crippen LogP contribution in [0.25, 0.3) is 16.9 Å². The van der Waals surface area contributed by atoms with E-state index in [1.165, 1.54) is 11.4 Å². The second-order valence-corrected chi connectivity index (χ2v) is 9.63. The van der Waals surface area contributed by atoms with Gasteiger partial charge in [-0.05, 0) is 46.8 Å². The molecule has 1 N–H and O–H groups in total. The SMILES string of the molecule is CCOC(=O)[C@@H](OC(C)(C)C)c1c(C)nc2cc(C(C)=O)nn2c1-c1ccc2c(c1Cl)NCCO2. The fraction of sp³-hybridized carbons (Fsp3) is 0.440. The summed E-state index contributed by atoms with van der Waals surface area (Å²) in [5.74, 6) is -0.131. The maximum absolute atomic E-state index is 13.2. The zero-order valence-electron chi connectivity index (χ0n) is 20.7. The number of fused-ring (bicyclic) bond motifs is 2. The molecular formula is C25H29ClN4O5. The second-order valence-electron chi connectivity index (χ2n) is 9.25. The first-order valence-corrected chi connectivity index (χ1v) is 11.8. The molecule has 0 amide bonds. The molecule has 1 aliphatic heterocycles. The van der Waals surface area contributed by atoms with Gasteiger partial charge in [-0.15, -0.1) is 0 Å². The molecule has 0 bridgehead atoms. The lowest BCUT2D eigenvalue weighted by molar-refractivity contribution is -0.166. The molecule has 1 aliphatic rings. The fourth-order valence-electron chi connectivity index (χ4n) is 4.04. The van der Waals surface area contributed by atoms with E-state index in [-0.39, 0.29) is 18.1 Å². The first kappa shape index (κ1) is 24.9. The number of rotatable bonds is 6. The summed E-state index contributed by atoms with van der Waals surface area (Å²) in [5, 5.41) is 8.19. The molecular weight excluding hydrogens is 472 g/mol. The van der Waals surface area contributed by atoms with E-state index >= 15 is 0 Å². The van der Waals surface area contributed by atoms with E-state index in [4.69, 9.17) is 25.8 Å². The average Bonchev–Trinajstić information content (AvgIpc) is 3.21. The number of carbonyl (C=O) groups is 2. The summed E-state index contributed by atoms with van der Waals surface area (Å²) in [7, 11) is 0. The van der Waals surface area contributed by atoms with E-state index in [1.54, 1.807) is 26.0 Å². The van der Waals surface area contributed by atoms with Gasteiger partial charge in [0.05, 0.1) is 28.6 Å². The second kappa shape index (κ2) is 9.47. The number of hydrogen-bond donors (Lipinski definition) is 1. The highest BCUT2D eigenvalue weighted by atomic mass is 35.5. The van der Waals surface area contributed by atoms with E-state index in [2.05, 4.69) is 15.4 Å². The van der Waals surface area contributed by atoms with Crippen molar-refractivity contribution in [3.05, 3.63) is 40.2 Å². The van der Waals surface area contributed by atoms with Crippen molar-refractivity contribution in [3.8, 4) is 17.0 Å². The van der Waals surface area contributed by atoms with Crippen LogP contribution in [0.3, 0.4) is 0 Å². The van der Waals surface area contributed by atoms with Gasteiger partial charge >= 0.3 is 5.97 Å². The number of halogens is 1. The van der Waals surface area contributed by atoms with Crippen LogP contribution in [0.5, 0.6) is 5.75 Å². The summed E-state index contributed by atoms with van der Waals surface area (Å²) in [6, 6.07) is 5.23. The highest BCUT2D eigenvalue weighted by molar-refractivity contribution is 6.36. The Kier molecular flexibility index (Phi) is 6.75. The number of nitrogens with zero attached hydrogens (tertiary/aromatic N) is 3. The number of aromatic nitrogens is 3. The molecule has 3 aromatic rings. The summed E-state index contributed by atoms with van der Waals surface area (Å²) in [5.41, 5.74) is 2.72. The average molecular weight is 501 g/mol. The van der Waals surface area contributed by atoms with Gasteiger partial charge in [-0.3, -0.25) is 4.79 Å². The maximum atomic E-state index is 13.2. The Morgan fingerprint density at radius 1 is 1.31 bits per heavy atom. The molecule has 2 aromatic heterocycles. The van der Waals surface area contributed by atoms with Crippen LogP contribution in [0.15, 0.2) is 18.2 Å². The van der Waals surface area contributed by atoms with Gasteiger partial charge in [0.15, 0.2) is 17.5 Å². The summed E-state index contributed by atoms with van der Waals surface area (Å²) in [6.07, 6.45) is -1.11. The molecule has 1 aromatic carbocycles. The molecule has 0 aliphatic carbocycles. The lowest BCUT2D eigenvalue weighted by Gasteiger charge is -2.29. The predicted octanol–water partition coefficient (Wildman–Crippen LogP) is 4.78. The molecule has 4 rings (SSSR count). The van der Waals surface area contributed by atoms with Gasteiger partial charge < -0.3 is 19.5 Å². The normalized spacial score (nSPS) is 14.1. The molecule has 186 valence electrons. The van der Waals surface area contributed by atoms with Gasteiger partial charge in [-0.25, -0.2) is 14.3 Å². The van der Waals surface area contributed by atoms with Gasteiger partial charge in [-0.1, -0.05) is 11.6 Å². The number of hydrogen-bond acceptors (Lipinski definition) is 8. The Labute approximate surface area is 208 Å². The van der Waals surface area contributed by atoms with Crippen molar-refractivity contribution in [2.24, 2.45) is 0 Å². The van der Waals surface area contributed by atoms with E-state index in [1.807, 2.05) is 26.8 Å². The monoisotopic (exact) mass is 500 g/mol. The van der Waals surface area contributed by atoms with Crippen molar-refractivity contribution in [2.45, 2.75) is 53.2 Å². The maximum Gasteiger partial charge on any atom is 0.340 e. The molecule has 35 heavy (non-hydrogen) atoms. The minimum absolute atomic E-state index is 0.185. The molecule has 3 heterocycles. The molecule has 1 atom stereocenters. The number of esters is 1. The third-order valence-corrected chi connectivity index (χ3v) is 5.84. The van der Waals surface area contributed by atoms with Crippen LogP contribution in [-0.2, 0) is 14.3 Å². The van der Waals surface area contributed by atoms with Gasteiger partial charge in [0.1, 0.15) is 18.1 Å². The van der Waals surface area contributed by atoms with E-state index in [9.17, 15) is 9.59 Å². The molecule has 0 fully saturated rings. The number of carbonyl (C=O) groups excluding carboxylic acids is 2. The Bertz CT molecular complexity index is 1310. The lowest BCUT2D eigenvalue weighted by Crippen LogP contribution is -2.30. The molecule has 0 saturated heterocycles. The Morgan fingerprint density at radius 2 is 2.06 bits per heavy atom. The van der Waals surface area contributed by atoms with Crippen molar-refractivity contribution < 1.29 is 23.8 Å².